The number of carbonyl (C=O) groups is 1. The molecule has 122 valence electrons. The Morgan fingerprint density at radius 3 is 2.64 bits per heavy atom. The van der Waals surface area contributed by atoms with Crippen molar-refractivity contribution in [1.82, 2.24) is 9.80 Å². The monoisotopic (exact) mass is 305 g/mol. The number of methoxy groups -OCH3 is 1. The van der Waals surface area contributed by atoms with Gasteiger partial charge in [-0.1, -0.05) is 12.1 Å². The summed E-state index contributed by atoms with van der Waals surface area (Å²) in [5.41, 5.74) is 3.24. The van der Waals surface area contributed by atoms with E-state index < -0.39 is 0 Å². The molecular formula is C17H27N3O2. The number of amides is 2. The summed E-state index contributed by atoms with van der Waals surface area (Å²) in [5, 5.41) is 3.04. The van der Waals surface area contributed by atoms with E-state index in [1.165, 1.54) is 5.56 Å². The van der Waals surface area contributed by atoms with Crippen LogP contribution < -0.4 is 5.32 Å². The van der Waals surface area contributed by atoms with Gasteiger partial charge in [0.25, 0.3) is 0 Å². The van der Waals surface area contributed by atoms with Crippen molar-refractivity contribution in [2.45, 2.75) is 20.3 Å². The van der Waals surface area contributed by atoms with Crippen LogP contribution in [0.15, 0.2) is 18.2 Å². The van der Waals surface area contributed by atoms with Crippen LogP contribution in [-0.2, 0) is 4.74 Å². The van der Waals surface area contributed by atoms with Gasteiger partial charge in [0.05, 0.1) is 0 Å². The first kappa shape index (κ1) is 16.8. The zero-order chi connectivity index (χ0) is 15.9. The molecule has 0 bridgehead atoms. The highest BCUT2D eigenvalue weighted by atomic mass is 16.5. The van der Waals surface area contributed by atoms with Crippen LogP contribution in [0.5, 0.6) is 0 Å². The zero-order valence-corrected chi connectivity index (χ0v) is 13.9. The average Bonchev–Trinajstić information content (AvgIpc) is 2.53. The maximum Gasteiger partial charge on any atom is 0.321 e. The van der Waals surface area contributed by atoms with Gasteiger partial charge >= 0.3 is 6.03 Å². The van der Waals surface area contributed by atoms with Gasteiger partial charge in [-0.15, -0.1) is 0 Å². The summed E-state index contributed by atoms with van der Waals surface area (Å²) in [6.07, 6.45) is 1.05. The Morgan fingerprint density at radius 1 is 1.23 bits per heavy atom. The van der Waals surface area contributed by atoms with E-state index in [0.29, 0.717) is 0 Å². The summed E-state index contributed by atoms with van der Waals surface area (Å²) in [6.45, 7) is 9.37. The van der Waals surface area contributed by atoms with E-state index in [1.807, 2.05) is 24.0 Å². The molecule has 22 heavy (non-hydrogen) atoms. The lowest BCUT2D eigenvalue weighted by molar-refractivity contribution is 0.130. The number of carbonyl (C=O) groups excluding carboxylic acids is 1. The zero-order valence-electron chi connectivity index (χ0n) is 13.9. The molecule has 0 aliphatic carbocycles. The fourth-order valence-corrected chi connectivity index (χ4v) is 2.69. The molecule has 2 rings (SSSR count). The van der Waals surface area contributed by atoms with Crippen molar-refractivity contribution >= 4 is 11.7 Å². The SMILES string of the molecule is COCCCN1CCN(C(=O)Nc2cccc(C)c2C)CC1. The van der Waals surface area contributed by atoms with Crippen LogP contribution in [0.25, 0.3) is 0 Å². The summed E-state index contributed by atoms with van der Waals surface area (Å²) in [7, 11) is 1.73. The van der Waals surface area contributed by atoms with Gasteiger partial charge in [-0.25, -0.2) is 4.79 Å². The predicted octanol–water partition coefficient (Wildman–Crippen LogP) is 2.49. The highest BCUT2D eigenvalue weighted by Gasteiger charge is 2.21. The molecule has 1 fully saturated rings. The standard InChI is InChI=1S/C17H27N3O2/c1-14-6-4-7-16(15(14)2)18-17(21)20-11-9-19(10-12-20)8-5-13-22-3/h4,6-7H,5,8-13H2,1-3H3,(H,18,21). The number of hydrogen-bond donors (Lipinski definition) is 1. The van der Waals surface area contributed by atoms with Crippen LogP contribution in [0, 0.1) is 13.8 Å². The fourth-order valence-electron chi connectivity index (χ4n) is 2.69. The van der Waals surface area contributed by atoms with Gasteiger partial charge in [0.1, 0.15) is 0 Å². The molecular weight excluding hydrogens is 278 g/mol. The minimum Gasteiger partial charge on any atom is -0.385 e. The Bertz CT molecular complexity index is 497. The Balaban J connectivity index is 1.81. The first-order valence-corrected chi connectivity index (χ1v) is 7.95. The minimum atomic E-state index is 0.00485. The molecule has 1 heterocycles. The summed E-state index contributed by atoms with van der Waals surface area (Å²) in [5.74, 6) is 0. The lowest BCUT2D eigenvalue weighted by Gasteiger charge is -2.34. The average molecular weight is 305 g/mol. The van der Waals surface area contributed by atoms with Crippen molar-refractivity contribution in [3.05, 3.63) is 29.3 Å². The predicted molar refractivity (Wildman–Crippen MR) is 89.4 cm³/mol. The van der Waals surface area contributed by atoms with Crippen LogP contribution in [-0.4, -0.2) is 62.3 Å². The Hall–Kier alpha value is -1.59. The molecule has 1 aromatic carbocycles. The van der Waals surface area contributed by atoms with Crippen molar-refractivity contribution in [2.75, 3.05) is 51.8 Å². The second-order valence-corrected chi connectivity index (χ2v) is 5.85. The Morgan fingerprint density at radius 2 is 1.95 bits per heavy atom. The number of benzene rings is 1. The lowest BCUT2D eigenvalue weighted by atomic mass is 10.1. The highest BCUT2D eigenvalue weighted by Crippen LogP contribution is 2.18. The van der Waals surface area contributed by atoms with Crippen LogP contribution >= 0.6 is 0 Å². The third kappa shape index (κ3) is 4.45. The van der Waals surface area contributed by atoms with E-state index >= 15 is 0 Å². The van der Waals surface area contributed by atoms with E-state index in [0.717, 1.165) is 57.0 Å². The van der Waals surface area contributed by atoms with E-state index in [1.54, 1.807) is 7.11 Å². The molecule has 1 aliphatic heterocycles. The van der Waals surface area contributed by atoms with Crippen molar-refractivity contribution < 1.29 is 9.53 Å². The normalized spacial score (nSPS) is 15.9. The molecule has 1 saturated heterocycles. The molecule has 5 nitrogen and oxygen atoms in total. The second-order valence-electron chi connectivity index (χ2n) is 5.85. The summed E-state index contributed by atoms with van der Waals surface area (Å²) in [4.78, 5) is 16.7. The topological polar surface area (TPSA) is 44.8 Å². The second kappa shape index (κ2) is 8.15. The molecule has 5 heteroatoms. The summed E-state index contributed by atoms with van der Waals surface area (Å²) in [6, 6.07) is 6.00. The van der Waals surface area contributed by atoms with Gasteiger partial charge in [-0.2, -0.15) is 0 Å². The van der Waals surface area contributed by atoms with Crippen LogP contribution in [0.3, 0.4) is 0 Å². The first-order valence-electron chi connectivity index (χ1n) is 7.95. The molecule has 1 aromatic rings. The minimum absolute atomic E-state index is 0.00485. The van der Waals surface area contributed by atoms with Crippen molar-refractivity contribution in [3.63, 3.8) is 0 Å². The number of piperazine rings is 1. The third-order valence-corrected chi connectivity index (χ3v) is 4.33. The molecule has 0 aromatic heterocycles. The largest absolute Gasteiger partial charge is 0.385 e. The number of anilines is 1. The van der Waals surface area contributed by atoms with Gasteiger partial charge in [0.15, 0.2) is 0 Å². The van der Waals surface area contributed by atoms with Crippen LogP contribution in [0.2, 0.25) is 0 Å². The fraction of sp³-hybridized carbons (Fsp3) is 0.588. The number of hydrogen-bond acceptors (Lipinski definition) is 3. The lowest BCUT2D eigenvalue weighted by Crippen LogP contribution is -2.50. The summed E-state index contributed by atoms with van der Waals surface area (Å²) < 4.78 is 5.08. The molecule has 1 aliphatic rings. The van der Waals surface area contributed by atoms with Gasteiger partial charge in [-0.3, -0.25) is 4.90 Å². The van der Waals surface area contributed by atoms with Crippen LogP contribution in [0.1, 0.15) is 17.5 Å². The van der Waals surface area contributed by atoms with Crippen LogP contribution in [0.4, 0.5) is 10.5 Å². The van der Waals surface area contributed by atoms with E-state index in [4.69, 9.17) is 4.74 Å². The van der Waals surface area contributed by atoms with Gasteiger partial charge < -0.3 is 15.0 Å². The number of urea groups is 1. The molecule has 1 N–H and O–H groups in total. The molecule has 0 unspecified atom stereocenters. The number of ether oxygens (including phenoxy) is 1. The van der Waals surface area contributed by atoms with E-state index in [9.17, 15) is 4.79 Å². The maximum absolute atomic E-state index is 12.4. The first-order chi connectivity index (χ1) is 10.6. The number of nitrogens with one attached hydrogen (secondary N) is 1. The highest BCUT2D eigenvalue weighted by molar-refractivity contribution is 5.90. The molecule has 0 spiro atoms. The molecule has 2 amide bonds. The van der Waals surface area contributed by atoms with Gasteiger partial charge in [0, 0.05) is 52.1 Å². The Labute approximate surface area is 133 Å². The Kier molecular flexibility index (Phi) is 6.21. The van der Waals surface area contributed by atoms with E-state index in [-0.39, 0.29) is 6.03 Å². The quantitative estimate of drug-likeness (QED) is 0.850. The number of rotatable bonds is 5. The van der Waals surface area contributed by atoms with Gasteiger partial charge in [-0.05, 0) is 37.5 Å². The maximum atomic E-state index is 12.4. The van der Waals surface area contributed by atoms with E-state index in [2.05, 4.69) is 23.2 Å². The smallest absolute Gasteiger partial charge is 0.321 e. The van der Waals surface area contributed by atoms with Crippen molar-refractivity contribution in [3.8, 4) is 0 Å². The van der Waals surface area contributed by atoms with Crippen molar-refractivity contribution in [2.24, 2.45) is 0 Å². The number of aryl methyl sites for hydroxylation is 1. The molecule has 0 saturated carbocycles. The summed E-state index contributed by atoms with van der Waals surface area (Å²) >= 11 is 0. The molecule has 0 radical (unpaired) electrons. The number of nitrogens with zero attached hydrogens (tertiary/aromatic N) is 2. The van der Waals surface area contributed by atoms with Gasteiger partial charge in [0.2, 0.25) is 0 Å². The van der Waals surface area contributed by atoms with Crippen molar-refractivity contribution in [1.29, 1.82) is 0 Å². The molecule has 0 atom stereocenters. The third-order valence-electron chi connectivity index (χ3n) is 4.33.